The monoisotopic (exact) mass is 352 g/mol. The van der Waals surface area contributed by atoms with Crippen LogP contribution < -0.4 is 10.0 Å². The first-order valence-corrected chi connectivity index (χ1v) is 8.56. The smallest absolute Gasteiger partial charge is 0.232 e. The lowest BCUT2D eigenvalue weighted by Gasteiger charge is -2.10. The molecule has 0 amide bonds. The molecule has 1 rings (SSSR count). The Labute approximate surface area is 122 Å². The summed E-state index contributed by atoms with van der Waals surface area (Å²) < 4.78 is 39.8. The molecule has 108 valence electrons. The topological polar surface area (TPSA) is 58.2 Å². The molecule has 0 heterocycles. The third-order valence-corrected chi connectivity index (χ3v) is 4.49. The third kappa shape index (κ3) is 5.88. The molecule has 19 heavy (non-hydrogen) atoms. The van der Waals surface area contributed by atoms with Crippen LogP contribution in [0.3, 0.4) is 0 Å². The Balaban J connectivity index is 2.55. The van der Waals surface area contributed by atoms with Crippen LogP contribution in [0.15, 0.2) is 22.7 Å². The highest BCUT2D eigenvalue weighted by atomic mass is 79.9. The number of para-hydroxylation sites is 1. The van der Waals surface area contributed by atoms with Gasteiger partial charge < -0.3 is 5.32 Å². The van der Waals surface area contributed by atoms with Crippen molar-refractivity contribution in [2.75, 3.05) is 23.6 Å². The molecular formula is C12H18BrFN2O2S. The lowest BCUT2D eigenvalue weighted by Crippen LogP contribution is -2.20. The fourth-order valence-electron chi connectivity index (χ4n) is 1.52. The second-order valence-corrected chi connectivity index (χ2v) is 6.77. The maximum atomic E-state index is 13.5. The molecule has 0 aromatic heterocycles. The summed E-state index contributed by atoms with van der Waals surface area (Å²) in [6, 6.07) is 4.31. The van der Waals surface area contributed by atoms with Crippen molar-refractivity contribution in [1.29, 1.82) is 0 Å². The molecule has 0 aliphatic heterocycles. The molecule has 0 aliphatic carbocycles. The summed E-state index contributed by atoms with van der Waals surface area (Å²) in [5.41, 5.74) is -0.0332. The van der Waals surface area contributed by atoms with Crippen molar-refractivity contribution >= 4 is 31.6 Å². The van der Waals surface area contributed by atoms with Gasteiger partial charge in [0.25, 0.3) is 0 Å². The normalized spacial score (nSPS) is 11.5. The largest absolute Gasteiger partial charge is 0.317 e. The van der Waals surface area contributed by atoms with E-state index in [4.69, 9.17) is 0 Å². The molecular weight excluding hydrogens is 335 g/mol. The van der Waals surface area contributed by atoms with Gasteiger partial charge in [0, 0.05) is 4.47 Å². The van der Waals surface area contributed by atoms with E-state index in [0.29, 0.717) is 10.9 Å². The summed E-state index contributed by atoms with van der Waals surface area (Å²) in [4.78, 5) is 0. The number of benzene rings is 1. The van der Waals surface area contributed by atoms with Gasteiger partial charge in [0.15, 0.2) is 0 Å². The lowest BCUT2D eigenvalue weighted by atomic mass is 10.3. The molecule has 0 radical (unpaired) electrons. The van der Waals surface area contributed by atoms with Gasteiger partial charge in [0.05, 0.1) is 11.4 Å². The number of sulfonamides is 1. The zero-order valence-electron chi connectivity index (χ0n) is 10.7. The zero-order chi connectivity index (χ0) is 14.3. The first kappa shape index (κ1) is 16.4. The van der Waals surface area contributed by atoms with Crippen LogP contribution in [-0.2, 0) is 10.0 Å². The van der Waals surface area contributed by atoms with E-state index in [2.05, 4.69) is 26.0 Å². The number of nitrogens with one attached hydrogen (secondary N) is 2. The van der Waals surface area contributed by atoms with Crippen LogP contribution in [0.25, 0.3) is 0 Å². The molecule has 0 unspecified atom stereocenters. The molecule has 4 nitrogen and oxygen atoms in total. The van der Waals surface area contributed by atoms with Crippen molar-refractivity contribution in [2.45, 2.75) is 19.8 Å². The molecule has 0 spiro atoms. The van der Waals surface area contributed by atoms with Crippen molar-refractivity contribution in [3.8, 4) is 0 Å². The van der Waals surface area contributed by atoms with E-state index in [9.17, 15) is 12.8 Å². The van der Waals surface area contributed by atoms with Gasteiger partial charge in [-0.3, -0.25) is 4.72 Å². The quantitative estimate of drug-likeness (QED) is 0.707. The molecule has 0 saturated carbocycles. The van der Waals surface area contributed by atoms with Crippen molar-refractivity contribution in [1.82, 2.24) is 5.32 Å². The number of hydrogen-bond donors (Lipinski definition) is 2. The highest BCUT2D eigenvalue weighted by Crippen LogP contribution is 2.26. The van der Waals surface area contributed by atoms with Crippen LogP contribution in [-0.4, -0.2) is 27.3 Å². The van der Waals surface area contributed by atoms with Crippen LogP contribution in [0.1, 0.15) is 19.8 Å². The van der Waals surface area contributed by atoms with E-state index in [-0.39, 0.29) is 11.4 Å². The minimum absolute atomic E-state index is 0.0147. The minimum Gasteiger partial charge on any atom is -0.317 e. The maximum absolute atomic E-state index is 13.5. The Morgan fingerprint density at radius 2 is 2.05 bits per heavy atom. The highest BCUT2D eigenvalue weighted by Gasteiger charge is 2.15. The van der Waals surface area contributed by atoms with Crippen molar-refractivity contribution in [3.63, 3.8) is 0 Å². The third-order valence-electron chi connectivity index (χ3n) is 2.49. The second kappa shape index (κ2) is 7.81. The number of anilines is 1. The number of halogens is 2. The lowest BCUT2D eigenvalue weighted by molar-refractivity contribution is 0.591. The highest BCUT2D eigenvalue weighted by molar-refractivity contribution is 9.10. The van der Waals surface area contributed by atoms with E-state index >= 15 is 0 Å². The Morgan fingerprint density at radius 1 is 1.32 bits per heavy atom. The Morgan fingerprint density at radius 3 is 2.68 bits per heavy atom. The summed E-state index contributed by atoms with van der Waals surface area (Å²) in [7, 11) is -3.51. The Kier molecular flexibility index (Phi) is 6.74. The number of unbranched alkanes of at least 4 members (excludes halogenated alkanes) is 1. The first-order chi connectivity index (χ1) is 8.96. The van der Waals surface area contributed by atoms with Gasteiger partial charge in [-0.05, 0) is 54.0 Å². The zero-order valence-corrected chi connectivity index (χ0v) is 13.2. The van der Waals surface area contributed by atoms with Gasteiger partial charge in [-0.15, -0.1) is 0 Å². The van der Waals surface area contributed by atoms with Crippen LogP contribution in [0.5, 0.6) is 0 Å². The fourth-order valence-corrected chi connectivity index (χ4v) is 3.30. The molecule has 0 bridgehead atoms. The van der Waals surface area contributed by atoms with Crippen LogP contribution in [0.2, 0.25) is 0 Å². The maximum Gasteiger partial charge on any atom is 0.232 e. The average Bonchev–Trinajstić information content (AvgIpc) is 2.34. The van der Waals surface area contributed by atoms with Gasteiger partial charge >= 0.3 is 0 Å². The van der Waals surface area contributed by atoms with Crippen LogP contribution in [0.4, 0.5) is 10.1 Å². The van der Waals surface area contributed by atoms with Gasteiger partial charge in [0.1, 0.15) is 5.82 Å². The van der Waals surface area contributed by atoms with E-state index in [1.165, 1.54) is 12.1 Å². The van der Waals surface area contributed by atoms with Crippen molar-refractivity contribution in [2.24, 2.45) is 0 Å². The molecule has 7 heteroatoms. The first-order valence-electron chi connectivity index (χ1n) is 6.11. The summed E-state index contributed by atoms with van der Waals surface area (Å²) >= 11 is 3.13. The summed E-state index contributed by atoms with van der Waals surface area (Å²) in [6.45, 7) is 3.65. The van der Waals surface area contributed by atoms with E-state index in [1.54, 1.807) is 6.07 Å². The summed E-state index contributed by atoms with van der Waals surface area (Å²) in [6.07, 6.45) is 1.31. The Hall–Kier alpha value is -0.660. The van der Waals surface area contributed by atoms with E-state index in [0.717, 1.165) is 19.5 Å². The second-order valence-electron chi connectivity index (χ2n) is 4.08. The summed E-state index contributed by atoms with van der Waals surface area (Å²) in [5.74, 6) is -0.607. The SMILES string of the molecule is CCNCCCCS(=O)(=O)Nc1c(F)cccc1Br. The van der Waals surface area contributed by atoms with Gasteiger partial charge in [0.2, 0.25) is 10.0 Å². The van der Waals surface area contributed by atoms with Gasteiger partial charge in [-0.1, -0.05) is 13.0 Å². The molecule has 0 atom stereocenters. The van der Waals surface area contributed by atoms with E-state index in [1.807, 2.05) is 6.92 Å². The molecule has 2 N–H and O–H groups in total. The number of hydrogen-bond acceptors (Lipinski definition) is 3. The molecule has 0 saturated heterocycles. The molecule has 0 aliphatic rings. The Bertz CT molecular complexity index is 488. The molecule has 1 aromatic carbocycles. The predicted molar refractivity (Wildman–Crippen MR) is 79.3 cm³/mol. The predicted octanol–water partition coefficient (Wildman–Crippen LogP) is 2.72. The van der Waals surface area contributed by atoms with Gasteiger partial charge in [-0.2, -0.15) is 0 Å². The average molecular weight is 353 g/mol. The van der Waals surface area contributed by atoms with Crippen molar-refractivity contribution in [3.05, 3.63) is 28.5 Å². The van der Waals surface area contributed by atoms with Crippen molar-refractivity contribution < 1.29 is 12.8 Å². The summed E-state index contributed by atoms with van der Waals surface area (Å²) in [5, 5.41) is 3.12. The molecule has 1 aromatic rings. The van der Waals surface area contributed by atoms with Gasteiger partial charge in [-0.25, -0.2) is 12.8 Å². The van der Waals surface area contributed by atoms with Crippen LogP contribution >= 0.6 is 15.9 Å². The standard InChI is InChI=1S/C12H18BrFN2O2S/c1-2-15-8-3-4-9-19(17,18)16-12-10(13)6-5-7-11(12)14/h5-7,15-16H,2-4,8-9H2,1H3. The van der Waals surface area contributed by atoms with Crippen LogP contribution in [0, 0.1) is 5.82 Å². The minimum atomic E-state index is -3.51. The number of rotatable bonds is 8. The molecule has 0 fully saturated rings. The van der Waals surface area contributed by atoms with E-state index < -0.39 is 15.8 Å². The fraction of sp³-hybridized carbons (Fsp3) is 0.500.